The topological polar surface area (TPSA) is 93.3 Å². The fourth-order valence-corrected chi connectivity index (χ4v) is 2.90. The van der Waals surface area contributed by atoms with Crippen LogP contribution in [0.5, 0.6) is 0 Å². The van der Waals surface area contributed by atoms with Gasteiger partial charge in [0.25, 0.3) is 0 Å². The average Bonchev–Trinajstić information content (AvgIpc) is 2.74. The van der Waals surface area contributed by atoms with Crippen LogP contribution in [0.4, 0.5) is 23.4 Å². The summed E-state index contributed by atoms with van der Waals surface area (Å²) in [4.78, 5) is 21.9. The minimum absolute atomic E-state index is 0.239. The summed E-state index contributed by atoms with van der Waals surface area (Å²) in [6.07, 6.45) is 3.36. The monoisotopic (exact) mass is 363 g/mol. The van der Waals surface area contributed by atoms with Crippen molar-refractivity contribution in [2.45, 2.75) is 0 Å². The number of benzene rings is 1. The van der Waals surface area contributed by atoms with Crippen molar-refractivity contribution >= 4 is 23.4 Å². The Morgan fingerprint density at radius 1 is 1.04 bits per heavy atom. The number of hydrogen-bond acceptors (Lipinski definition) is 8. The number of morpholine rings is 1. The van der Waals surface area contributed by atoms with Crippen LogP contribution in [0.25, 0.3) is 11.3 Å². The Kier molecular flexibility index (Phi) is 4.80. The Bertz CT molecular complexity index is 896. The second-order valence-corrected chi connectivity index (χ2v) is 6.24. The zero-order valence-corrected chi connectivity index (χ0v) is 15.1. The number of rotatable bonds is 4. The van der Waals surface area contributed by atoms with Crippen molar-refractivity contribution < 1.29 is 4.74 Å². The number of nitrogens with two attached hydrogens (primary N) is 1. The Balaban J connectivity index is 1.77. The molecule has 8 heteroatoms. The molecular formula is C19H21N7O. The van der Waals surface area contributed by atoms with E-state index >= 15 is 0 Å². The van der Waals surface area contributed by atoms with Gasteiger partial charge < -0.3 is 20.3 Å². The lowest BCUT2D eigenvalue weighted by Gasteiger charge is -2.28. The number of ether oxygens (including phenoxy) is 1. The molecule has 0 radical (unpaired) electrons. The van der Waals surface area contributed by atoms with E-state index in [0.717, 1.165) is 35.9 Å². The van der Waals surface area contributed by atoms with Crippen LogP contribution in [0.2, 0.25) is 0 Å². The molecule has 0 unspecified atom stereocenters. The predicted molar refractivity (Wildman–Crippen MR) is 105 cm³/mol. The standard InChI is InChI=1S/C19H21N7O/c1-25(15-5-3-2-4-6-15)17-11-16(14-12-21-18(20)22-13-14)23-19(24-17)26-7-9-27-10-8-26/h2-6,11-13H,7-10H2,1H3,(H2,20,21,22). The Labute approximate surface area is 157 Å². The van der Waals surface area contributed by atoms with E-state index in [1.54, 1.807) is 12.4 Å². The van der Waals surface area contributed by atoms with Gasteiger partial charge in [-0.3, -0.25) is 0 Å². The molecule has 2 N–H and O–H groups in total. The van der Waals surface area contributed by atoms with Crippen molar-refractivity contribution in [3.05, 3.63) is 48.8 Å². The van der Waals surface area contributed by atoms with Gasteiger partial charge in [-0.05, 0) is 12.1 Å². The molecule has 138 valence electrons. The molecule has 27 heavy (non-hydrogen) atoms. The highest BCUT2D eigenvalue weighted by Crippen LogP contribution is 2.28. The number of nitrogen functional groups attached to an aromatic ring is 1. The van der Waals surface area contributed by atoms with Crippen molar-refractivity contribution in [2.75, 3.05) is 48.9 Å². The van der Waals surface area contributed by atoms with Crippen LogP contribution in [0.3, 0.4) is 0 Å². The third-order valence-corrected chi connectivity index (χ3v) is 4.45. The van der Waals surface area contributed by atoms with E-state index in [-0.39, 0.29) is 5.95 Å². The van der Waals surface area contributed by atoms with E-state index < -0.39 is 0 Å². The maximum Gasteiger partial charge on any atom is 0.228 e. The summed E-state index contributed by atoms with van der Waals surface area (Å²) in [5.74, 6) is 1.71. The van der Waals surface area contributed by atoms with Crippen molar-refractivity contribution in [2.24, 2.45) is 0 Å². The average molecular weight is 363 g/mol. The summed E-state index contributed by atoms with van der Waals surface area (Å²) in [5, 5.41) is 0. The van der Waals surface area contributed by atoms with Crippen LogP contribution in [0, 0.1) is 0 Å². The highest BCUT2D eigenvalue weighted by molar-refractivity contribution is 5.68. The molecule has 1 saturated heterocycles. The lowest BCUT2D eigenvalue weighted by molar-refractivity contribution is 0.122. The smallest absolute Gasteiger partial charge is 0.228 e. The molecule has 8 nitrogen and oxygen atoms in total. The molecule has 0 aliphatic carbocycles. The molecule has 1 aliphatic rings. The molecule has 0 atom stereocenters. The van der Waals surface area contributed by atoms with E-state index in [4.69, 9.17) is 20.4 Å². The van der Waals surface area contributed by atoms with Crippen LogP contribution >= 0.6 is 0 Å². The van der Waals surface area contributed by atoms with Gasteiger partial charge in [0.05, 0.1) is 18.9 Å². The third-order valence-electron chi connectivity index (χ3n) is 4.45. The summed E-state index contributed by atoms with van der Waals surface area (Å²) < 4.78 is 5.45. The Hall–Kier alpha value is -3.26. The van der Waals surface area contributed by atoms with Gasteiger partial charge in [0.15, 0.2) is 0 Å². The third kappa shape index (κ3) is 3.80. The number of hydrogen-bond donors (Lipinski definition) is 1. The first kappa shape index (κ1) is 17.2. The van der Waals surface area contributed by atoms with Gasteiger partial charge in [-0.2, -0.15) is 4.98 Å². The van der Waals surface area contributed by atoms with Crippen LogP contribution in [-0.4, -0.2) is 53.3 Å². The maximum atomic E-state index is 5.62. The van der Waals surface area contributed by atoms with Crippen molar-refractivity contribution in [3.8, 4) is 11.3 Å². The van der Waals surface area contributed by atoms with E-state index in [2.05, 4.69) is 14.9 Å². The van der Waals surface area contributed by atoms with Crippen molar-refractivity contribution in [3.63, 3.8) is 0 Å². The summed E-state index contributed by atoms with van der Waals surface area (Å²) in [6, 6.07) is 12.0. The van der Waals surface area contributed by atoms with Gasteiger partial charge in [0.1, 0.15) is 5.82 Å². The van der Waals surface area contributed by atoms with Crippen LogP contribution in [-0.2, 0) is 4.74 Å². The van der Waals surface area contributed by atoms with Gasteiger partial charge in [0, 0.05) is 49.8 Å². The maximum absolute atomic E-state index is 5.62. The largest absolute Gasteiger partial charge is 0.378 e. The van der Waals surface area contributed by atoms with Crippen LogP contribution in [0.15, 0.2) is 48.8 Å². The Morgan fingerprint density at radius 3 is 2.44 bits per heavy atom. The minimum atomic E-state index is 0.239. The molecule has 3 heterocycles. The normalized spacial score (nSPS) is 14.2. The Morgan fingerprint density at radius 2 is 1.74 bits per heavy atom. The number of nitrogens with zero attached hydrogens (tertiary/aromatic N) is 6. The number of aromatic nitrogens is 4. The first-order valence-corrected chi connectivity index (χ1v) is 8.79. The van der Waals surface area contributed by atoms with Gasteiger partial charge in [-0.15, -0.1) is 0 Å². The molecule has 0 bridgehead atoms. The second-order valence-electron chi connectivity index (χ2n) is 6.24. The number of para-hydroxylation sites is 1. The van der Waals surface area contributed by atoms with Crippen LogP contribution in [0.1, 0.15) is 0 Å². The second kappa shape index (κ2) is 7.55. The van der Waals surface area contributed by atoms with E-state index in [9.17, 15) is 0 Å². The molecule has 1 fully saturated rings. The van der Waals surface area contributed by atoms with Gasteiger partial charge >= 0.3 is 0 Å². The fourth-order valence-electron chi connectivity index (χ4n) is 2.90. The van der Waals surface area contributed by atoms with E-state index in [0.29, 0.717) is 19.2 Å². The van der Waals surface area contributed by atoms with Crippen molar-refractivity contribution in [1.29, 1.82) is 0 Å². The minimum Gasteiger partial charge on any atom is -0.378 e. The zero-order chi connectivity index (χ0) is 18.6. The molecule has 1 aromatic carbocycles. The lowest BCUT2D eigenvalue weighted by atomic mass is 10.2. The SMILES string of the molecule is CN(c1ccccc1)c1cc(-c2cnc(N)nc2)nc(N2CCOCC2)n1. The summed E-state index contributed by atoms with van der Waals surface area (Å²) in [5.41, 5.74) is 8.21. The van der Waals surface area contributed by atoms with E-state index in [1.165, 1.54) is 0 Å². The van der Waals surface area contributed by atoms with Gasteiger partial charge in [0.2, 0.25) is 11.9 Å². The zero-order valence-electron chi connectivity index (χ0n) is 15.1. The van der Waals surface area contributed by atoms with Crippen molar-refractivity contribution in [1.82, 2.24) is 19.9 Å². The summed E-state index contributed by atoms with van der Waals surface area (Å²) >= 11 is 0. The molecule has 3 aromatic rings. The van der Waals surface area contributed by atoms with Gasteiger partial charge in [-0.25, -0.2) is 15.0 Å². The first-order valence-electron chi connectivity index (χ1n) is 8.79. The van der Waals surface area contributed by atoms with E-state index in [1.807, 2.05) is 48.3 Å². The molecular weight excluding hydrogens is 342 g/mol. The molecule has 0 spiro atoms. The molecule has 4 rings (SSSR count). The van der Waals surface area contributed by atoms with Crippen LogP contribution < -0.4 is 15.5 Å². The number of anilines is 4. The molecule has 0 saturated carbocycles. The first-order chi connectivity index (χ1) is 13.2. The highest BCUT2D eigenvalue weighted by Gasteiger charge is 2.18. The molecule has 1 aliphatic heterocycles. The van der Waals surface area contributed by atoms with Gasteiger partial charge in [-0.1, -0.05) is 18.2 Å². The molecule has 2 aromatic heterocycles. The fraction of sp³-hybridized carbons (Fsp3) is 0.263. The summed E-state index contributed by atoms with van der Waals surface area (Å²) in [7, 11) is 1.99. The predicted octanol–water partition coefficient (Wildman–Crippen LogP) is 2.12. The molecule has 0 amide bonds. The quantitative estimate of drug-likeness (QED) is 0.753. The lowest BCUT2D eigenvalue weighted by Crippen LogP contribution is -2.37. The summed E-state index contributed by atoms with van der Waals surface area (Å²) in [6.45, 7) is 2.86. The highest BCUT2D eigenvalue weighted by atomic mass is 16.5.